The number of nitrogens with one attached hydrogen (secondary N) is 1. The van der Waals surface area contributed by atoms with Crippen molar-refractivity contribution in [2.24, 2.45) is 0 Å². The SMILES string of the molecule is Cc1ncc(C2CCCN2CI)[nH]1. The smallest absolute Gasteiger partial charge is 0.103 e. The van der Waals surface area contributed by atoms with Gasteiger partial charge in [-0.1, -0.05) is 22.6 Å². The number of H-pyrrole nitrogens is 1. The number of hydrogen-bond acceptors (Lipinski definition) is 2. The number of nitrogens with zero attached hydrogens (tertiary/aromatic N) is 2. The Morgan fingerprint density at radius 1 is 1.77 bits per heavy atom. The first kappa shape index (κ1) is 9.45. The number of hydrogen-bond donors (Lipinski definition) is 1. The van der Waals surface area contributed by atoms with Gasteiger partial charge in [-0.2, -0.15) is 0 Å². The van der Waals surface area contributed by atoms with Gasteiger partial charge in [0.05, 0.1) is 16.3 Å². The van der Waals surface area contributed by atoms with Gasteiger partial charge in [-0.3, -0.25) is 4.90 Å². The molecule has 3 nitrogen and oxygen atoms in total. The van der Waals surface area contributed by atoms with Gasteiger partial charge in [-0.25, -0.2) is 4.98 Å². The third-order valence-corrected chi connectivity index (χ3v) is 3.48. The van der Waals surface area contributed by atoms with Crippen LogP contribution in [0.25, 0.3) is 0 Å². The van der Waals surface area contributed by atoms with Crippen molar-refractivity contribution in [2.45, 2.75) is 25.8 Å². The van der Waals surface area contributed by atoms with Crippen LogP contribution in [0.1, 0.15) is 30.4 Å². The predicted octanol–water partition coefficient (Wildman–Crippen LogP) is 2.25. The molecule has 1 atom stereocenters. The number of aryl methyl sites for hydroxylation is 1. The van der Waals surface area contributed by atoms with E-state index >= 15 is 0 Å². The average Bonchev–Trinajstić information content (AvgIpc) is 2.71. The number of halogens is 1. The van der Waals surface area contributed by atoms with Crippen LogP contribution in [0, 0.1) is 6.92 Å². The standard InChI is InChI=1S/C9H14IN3/c1-7-11-5-8(12-7)9-3-2-4-13(9)6-10/h5,9H,2-4,6H2,1H3,(H,11,12). The molecule has 1 aromatic heterocycles. The minimum Gasteiger partial charge on any atom is -0.345 e. The first-order valence-electron chi connectivity index (χ1n) is 4.63. The van der Waals surface area contributed by atoms with E-state index < -0.39 is 0 Å². The van der Waals surface area contributed by atoms with Gasteiger partial charge in [0.15, 0.2) is 0 Å². The summed E-state index contributed by atoms with van der Waals surface area (Å²) in [6.07, 6.45) is 4.56. The van der Waals surface area contributed by atoms with Gasteiger partial charge >= 0.3 is 0 Å². The highest BCUT2D eigenvalue weighted by atomic mass is 127. The molecule has 0 saturated carbocycles. The molecule has 0 aromatic carbocycles. The van der Waals surface area contributed by atoms with Gasteiger partial charge in [0.25, 0.3) is 0 Å². The molecule has 13 heavy (non-hydrogen) atoms. The number of aromatic amines is 1. The zero-order chi connectivity index (χ0) is 9.26. The normalized spacial score (nSPS) is 24.0. The Balaban J connectivity index is 2.15. The van der Waals surface area contributed by atoms with E-state index in [0.717, 1.165) is 10.4 Å². The van der Waals surface area contributed by atoms with E-state index in [2.05, 4.69) is 37.5 Å². The van der Waals surface area contributed by atoms with Gasteiger partial charge in [0, 0.05) is 6.20 Å². The lowest BCUT2D eigenvalue weighted by Gasteiger charge is -2.20. The van der Waals surface area contributed by atoms with E-state index in [1.807, 2.05) is 13.1 Å². The molecule has 1 aliphatic heterocycles. The van der Waals surface area contributed by atoms with E-state index in [1.165, 1.54) is 25.1 Å². The minimum absolute atomic E-state index is 0.582. The van der Waals surface area contributed by atoms with Crippen LogP contribution in [0.3, 0.4) is 0 Å². The zero-order valence-corrected chi connectivity index (χ0v) is 9.91. The summed E-state index contributed by atoms with van der Waals surface area (Å²) in [5.41, 5.74) is 1.28. The number of imidazole rings is 1. The summed E-state index contributed by atoms with van der Waals surface area (Å²) in [5, 5.41) is 0. The fraction of sp³-hybridized carbons (Fsp3) is 0.667. The van der Waals surface area contributed by atoms with Crippen LogP contribution >= 0.6 is 22.6 Å². The number of rotatable bonds is 2. The van der Waals surface area contributed by atoms with Crippen molar-refractivity contribution in [1.29, 1.82) is 0 Å². The summed E-state index contributed by atoms with van der Waals surface area (Å²) in [7, 11) is 0. The highest BCUT2D eigenvalue weighted by molar-refractivity contribution is 14.1. The number of alkyl halides is 1. The fourth-order valence-electron chi connectivity index (χ4n) is 1.93. The summed E-state index contributed by atoms with van der Waals surface area (Å²) in [5.74, 6) is 1.02. The third-order valence-electron chi connectivity index (χ3n) is 2.60. The van der Waals surface area contributed by atoms with Crippen LogP contribution in [-0.4, -0.2) is 26.0 Å². The van der Waals surface area contributed by atoms with Crippen LogP contribution in [0.15, 0.2) is 6.20 Å². The highest BCUT2D eigenvalue weighted by Gasteiger charge is 2.25. The monoisotopic (exact) mass is 291 g/mol. The number of aromatic nitrogens is 2. The molecule has 1 fully saturated rings. The van der Waals surface area contributed by atoms with Crippen LogP contribution in [-0.2, 0) is 0 Å². The predicted molar refractivity (Wildman–Crippen MR) is 60.9 cm³/mol. The van der Waals surface area contributed by atoms with Gasteiger partial charge in [-0.05, 0) is 26.3 Å². The Bertz CT molecular complexity index is 284. The van der Waals surface area contributed by atoms with Crippen molar-refractivity contribution < 1.29 is 0 Å². The molecule has 0 spiro atoms. The molecule has 0 bridgehead atoms. The molecule has 2 heterocycles. The summed E-state index contributed by atoms with van der Waals surface area (Å²) in [6, 6.07) is 0.582. The summed E-state index contributed by atoms with van der Waals surface area (Å²) >= 11 is 2.43. The van der Waals surface area contributed by atoms with E-state index in [9.17, 15) is 0 Å². The Kier molecular flexibility index (Phi) is 2.88. The second-order valence-electron chi connectivity index (χ2n) is 3.51. The molecule has 1 saturated heterocycles. The molecule has 1 unspecified atom stereocenters. The van der Waals surface area contributed by atoms with E-state index in [-0.39, 0.29) is 0 Å². The maximum atomic E-state index is 4.25. The summed E-state index contributed by atoms with van der Waals surface area (Å²) in [6.45, 7) is 3.23. The van der Waals surface area contributed by atoms with E-state index in [1.54, 1.807) is 0 Å². The quantitative estimate of drug-likeness (QED) is 0.515. The summed E-state index contributed by atoms with van der Waals surface area (Å²) < 4.78 is 1.11. The van der Waals surface area contributed by atoms with Gasteiger partial charge < -0.3 is 4.98 Å². The van der Waals surface area contributed by atoms with Gasteiger partial charge in [0.1, 0.15) is 5.82 Å². The minimum atomic E-state index is 0.582. The summed E-state index contributed by atoms with van der Waals surface area (Å²) in [4.78, 5) is 10.1. The first-order chi connectivity index (χ1) is 6.31. The lowest BCUT2D eigenvalue weighted by Crippen LogP contribution is -2.21. The van der Waals surface area contributed by atoms with Crippen LogP contribution in [0.4, 0.5) is 0 Å². The second kappa shape index (κ2) is 3.96. The van der Waals surface area contributed by atoms with Crippen molar-refractivity contribution in [3.8, 4) is 0 Å². The molecule has 2 rings (SSSR count). The third kappa shape index (κ3) is 1.88. The van der Waals surface area contributed by atoms with Crippen LogP contribution < -0.4 is 0 Å². The molecule has 1 aromatic rings. The molecule has 0 amide bonds. The van der Waals surface area contributed by atoms with Crippen LogP contribution in [0.5, 0.6) is 0 Å². The van der Waals surface area contributed by atoms with Gasteiger partial charge in [-0.15, -0.1) is 0 Å². The maximum Gasteiger partial charge on any atom is 0.103 e. The molecule has 0 aliphatic carbocycles. The molecular formula is C9H14IN3. The molecule has 1 aliphatic rings. The lowest BCUT2D eigenvalue weighted by molar-refractivity contribution is 0.306. The average molecular weight is 291 g/mol. The largest absolute Gasteiger partial charge is 0.345 e. The molecule has 4 heteroatoms. The first-order valence-corrected chi connectivity index (χ1v) is 6.15. The van der Waals surface area contributed by atoms with E-state index in [0.29, 0.717) is 6.04 Å². The highest BCUT2D eigenvalue weighted by Crippen LogP contribution is 2.30. The van der Waals surface area contributed by atoms with Gasteiger partial charge in [0.2, 0.25) is 0 Å². The Labute approximate surface area is 92.1 Å². The topological polar surface area (TPSA) is 31.9 Å². The second-order valence-corrected chi connectivity index (χ2v) is 4.20. The van der Waals surface area contributed by atoms with Crippen molar-refractivity contribution in [3.05, 3.63) is 17.7 Å². The molecule has 0 radical (unpaired) electrons. The Morgan fingerprint density at radius 3 is 3.23 bits per heavy atom. The maximum absolute atomic E-state index is 4.25. The van der Waals surface area contributed by atoms with E-state index in [4.69, 9.17) is 0 Å². The van der Waals surface area contributed by atoms with Crippen LogP contribution in [0.2, 0.25) is 0 Å². The van der Waals surface area contributed by atoms with Crippen molar-refractivity contribution in [1.82, 2.24) is 14.9 Å². The zero-order valence-electron chi connectivity index (χ0n) is 7.76. The van der Waals surface area contributed by atoms with Crippen molar-refractivity contribution in [2.75, 3.05) is 11.1 Å². The van der Waals surface area contributed by atoms with Crippen molar-refractivity contribution in [3.63, 3.8) is 0 Å². The lowest BCUT2D eigenvalue weighted by atomic mass is 10.2. The fourth-order valence-corrected chi connectivity index (χ4v) is 2.75. The van der Waals surface area contributed by atoms with Crippen molar-refractivity contribution >= 4 is 22.6 Å². The molecule has 1 N–H and O–H groups in total. The molecule has 72 valence electrons. The molecular weight excluding hydrogens is 277 g/mol. The Morgan fingerprint density at radius 2 is 2.62 bits per heavy atom. The Hall–Kier alpha value is -0.100. The number of likely N-dealkylation sites (tertiary alicyclic amines) is 1.